The fourth-order valence-corrected chi connectivity index (χ4v) is 6.15. The number of carbonyl (C=O) groups excluding carboxylic acids is 3. The Morgan fingerprint density at radius 1 is 0.333 bits per heavy atom. The molecule has 1 unspecified atom stereocenters. The number of unbranched alkanes of at least 4 members (excludes halogenated alkanes) is 27. The third-order valence-electron chi connectivity index (χ3n) is 9.36. The number of esters is 3. The zero-order valence-corrected chi connectivity index (χ0v) is 32.3. The predicted molar refractivity (Wildman–Crippen MR) is 201 cm³/mol. The molecule has 0 aliphatic heterocycles. The summed E-state index contributed by atoms with van der Waals surface area (Å²) < 4.78 is 16.5. The Morgan fingerprint density at radius 3 is 0.833 bits per heavy atom. The van der Waals surface area contributed by atoms with Crippen LogP contribution in [0.25, 0.3) is 0 Å². The number of carbonyl (C=O) groups is 3. The summed E-state index contributed by atoms with van der Waals surface area (Å²) in [7, 11) is 0. The summed E-state index contributed by atoms with van der Waals surface area (Å²) in [4.78, 5) is 37.2. The van der Waals surface area contributed by atoms with Gasteiger partial charge in [-0.3, -0.25) is 14.4 Å². The van der Waals surface area contributed by atoms with Crippen molar-refractivity contribution in [1.29, 1.82) is 0 Å². The molecule has 0 spiro atoms. The molecule has 0 aliphatic rings. The SMILES string of the molecule is CCCCCCCCCCCCCCCCCCCCC(=O)OCC(COC(=O)CCCCCCC)OC(=O)CCCCCCCCC. The average Bonchev–Trinajstić information content (AvgIpc) is 3.08. The van der Waals surface area contributed by atoms with Gasteiger partial charge in [0.25, 0.3) is 0 Å². The maximum absolute atomic E-state index is 12.5. The van der Waals surface area contributed by atoms with E-state index in [4.69, 9.17) is 14.2 Å². The van der Waals surface area contributed by atoms with Crippen LogP contribution < -0.4 is 0 Å². The third-order valence-corrected chi connectivity index (χ3v) is 9.36. The van der Waals surface area contributed by atoms with Gasteiger partial charge in [-0.1, -0.05) is 194 Å². The lowest BCUT2D eigenvalue weighted by atomic mass is 10.0. The molecule has 0 fully saturated rings. The summed E-state index contributed by atoms with van der Waals surface area (Å²) in [6, 6.07) is 0. The van der Waals surface area contributed by atoms with E-state index in [-0.39, 0.29) is 31.1 Å². The minimum atomic E-state index is -0.754. The minimum Gasteiger partial charge on any atom is -0.462 e. The monoisotopic (exact) mass is 681 g/mol. The normalized spacial score (nSPS) is 11.8. The van der Waals surface area contributed by atoms with E-state index in [2.05, 4.69) is 20.8 Å². The molecule has 0 aliphatic carbocycles. The lowest BCUT2D eigenvalue weighted by Gasteiger charge is -2.18. The Hall–Kier alpha value is -1.59. The molecule has 284 valence electrons. The molecule has 0 aromatic carbocycles. The molecule has 0 aromatic rings. The largest absolute Gasteiger partial charge is 0.462 e. The van der Waals surface area contributed by atoms with E-state index in [1.54, 1.807) is 0 Å². The van der Waals surface area contributed by atoms with Gasteiger partial charge in [0.1, 0.15) is 13.2 Å². The van der Waals surface area contributed by atoms with E-state index in [1.165, 1.54) is 128 Å². The van der Waals surface area contributed by atoms with E-state index < -0.39 is 6.10 Å². The van der Waals surface area contributed by atoms with Crippen LogP contribution in [0, 0.1) is 0 Å². The molecular weight excluding hydrogens is 600 g/mol. The molecule has 1 atom stereocenters. The summed E-state index contributed by atoms with van der Waals surface area (Å²) in [5.41, 5.74) is 0. The maximum atomic E-state index is 12.5. The zero-order chi connectivity index (χ0) is 35.2. The highest BCUT2D eigenvalue weighted by Crippen LogP contribution is 2.15. The van der Waals surface area contributed by atoms with Crippen molar-refractivity contribution >= 4 is 17.9 Å². The molecule has 6 nitrogen and oxygen atoms in total. The van der Waals surface area contributed by atoms with Crippen LogP contribution in [0.1, 0.15) is 233 Å². The molecule has 0 saturated carbocycles. The molecule has 0 bridgehead atoms. The van der Waals surface area contributed by atoms with Crippen molar-refractivity contribution in [2.45, 2.75) is 239 Å². The minimum absolute atomic E-state index is 0.0651. The Morgan fingerprint density at radius 2 is 0.562 bits per heavy atom. The van der Waals surface area contributed by atoms with Gasteiger partial charge in [0.05, 0.1) is 0 Å². The molecule has 0 heterocycles. The first-order chi connectivity index (χ1) is 23.5. The molecule has 0 amide bonds. The van der Waals surface area contributed by atoms with Gasteiger partial charge in [-0.05, 0) is 19.3 Å². The van der Waals surface area contributed by atoms with Crippen molar-refractivity contribution in [2.75, 3.05) is 13.2 Å². The molecule has 0 aromatic heterocycles. The highest BCUT2D eigenvalue weighted by molar-refractivity contribution is 5.71. The topological polar surface area (TPSA) is 78.9 Å². The second kappa shape index (κ2) is 38.2. The summed E-state index contributed by atoms with van der Waals surface area (Å²) in [5.74, 6) is -0.879. The Labute approximate surface area is 298 Å². The fourth-order valence-electron chi connectivity index (χ4n) is 6.15. The van der Waals surface area contributed by atoms with Gasteiger partial charge < -0.3 is 14.2 Å². The number of ether oxygens (including phenoxy) is 3. The van der Waals surface area contributed by atoms with E-state index in [9.17, 15) is 14.4 Å². The van der Waals surface area contributed by atoms with Crippen LogP contribution in [0.4, 0.5) is 0 Å². The van der Waals surface area contributed by atoms with Gasteiger partial charge in [-0.25, -0.2) is 0 Å². The molecular formula is C42H80O6. The van der Waals surface area contributed by atoms with Crippen molar-refractivity contribution in [3.05, 3.63) is 0 Å². The number of hydrogen-bond donors (Lipinski definition) is 0. The van der Waals surface area contributed by atoms with Crippen molar-refractivity contribution in [3.63, 3.8) is 0 Å². The third kappa shape index (κ3) is 35.7. The zero-order valence-electron chi connectivity index (χ0n) is 32.3. The van der Waals surface area contributed by atoms with Crippen LogP contribution >= 0.6 is 0 Å². The van der Waals surface area contributed by atoms with Crippen molar-refractivity contribution in [3.8, 4) is 0 Å². The highest BCUT2D eigenvalue weighted by Gasteiger charge is 2.19. The first kappa shape index (κ1) is 46.4. The van der Waals surface area contributed by atoms with Crippen LogP contribution in [-0.2, 0) is 28.6 Å². The first-order valence-corrected chi connectivity index (χ1v) is 21.0. The molecule has 0 saturated heterocycles. The Kier molecular flexibility index (Phi) is 36.9. The van der Waals surface area contributed by atoms with E-state index in [0.29, 0.717) is 19.3 Å². The van der Waals surface area contributed by atoms with Gasteiger partial charge in [0.15, 0.2) is 6.10 Å². The van der Waals surface area contributed by atoms with Crippen molar-refractivity contribution < 1.29 is 28.6 Å². The lowest BCUT2D eigenvalue weighted by Crippen LogP contribution is -2.30. The second-order valence-electron chi connectivity index (χ2n) is 14.3. The Balaban J connectivity index is 4.06. The molecule has 6 heteroatoms. The number of rotatable bonds is 38. The molecule has 48 heavy (non-hydrogen) atoms. The van der Waals surface area contributed by atoms with Gasteiger partial charge in [-0.15, -0.1) is 0 Å². The van der Waals surface area contributed by atoms with Crippen LogP contribution in [0.2, 0.25) is 0 Å². The van der Waals surface area contributed by atoms with Gasteiger partial charge in [0, 0.05) is 19.3 Å². The van der Waals surface area contributed by atoms with E-state index in [0.717, 1.165) is 64.2 Å². The molecule has 0 rings (SSSR count). The fraction of sp³-hybridized carbons (Fsp3) is 0.929. The summed E-state index contributed by atoms with van der Waals surface area (Å²) in [6.45, 7) is 6.52. The van der Waals surface area contributed by atoms with Crippen molar-refractivity contribution in [2.24, 2.45) is 0 Å². The van der Waals surface area contributed by atoms with Crippen molar-refractivity contribution in [1.82, 2.24) is 0 Å². The smallest absolute Gasteiger partial charge is 0.306 e. The first-order valence-electron chi connectivity index (χ1n) is 21.0. The molecule has 0 radical (unpaired) electrons. The number of hydrogen-bond acceptors (Lipinski definition) is 6. The predicted octanol–water partition coefficient (Wildman–Crippen LogP) is 12.9. The van der Waals surface area contributed by atoms with Gasteiger partial charge in [0.2, 0.25) is 0 Å². The van der Waals surface area contributed by atoms with Crippen LogP contribution in [0.3, 0.4) is 0 Å². The quantitative estimate of drug-likeness (QED) is 0.0367. The van der Waals surface area contributed by atoms with Crippen LogP contribution in [0.15, 0.2) is 0 Å². The maximum Gasteiger partial charge on any atom is 0.306 e. The molecule has 0 N–H and O–H groups in total. The Bertz CT molecular complexity index is 708. The lowest BCUT2D eigenvalue weighted by molar-refractivity contribution is -0.167. The second-order valence-corrected chi connectivity index (χ2v) is 14.3. The van der Waals surface area contributed by atoms with Crippen LogP contribution in [0.5, 0.6) is 0 Å². The van der Waals surface area contributed by atoms with E-state index in [1.807, 2.05) is 0 Å². The van der Waals surface area contributed by atoms with E-state index >= 15 is 0 Å². The summed E-state index contributed by atoms with van der Waals surface area (Å²) in [6.07, 6.45) is 37.0. The highest BCUT2D eigenvalue weighted by atomic mass is 16.6. The summed E-state index contributed by atoms with van der Waals surface area (Å²) >= 11 is 0. The summed E-state index contributed by atoms with van der Waals surface area (Å²) in [5, 5.41) is 0. The average molecular weight is 681 g/mol. The van der Waals surface area contributed by atoms with Gasteiger partial charge in [-0.2, -0.15) is 0 Å². The standard InChI is InChI=1S/C42H80O6/c1-4-7-10-13-15-16-17-18-19-20-21-22-23-24-25-27-29-32-35-41(44)47-38-39(37-46-40(43)34-31-28-12-9-6-3)48-42(45)36-33-30-26-14-11-8-5-2/h39H,4-38H2,1-3H3. The van der Waals surface area contributed by atoms with Crippen LogP contribution in [-0.4, -0.2) is 37.2 Å². The van der Waals surface area contributed by atoms with Gasteiger partial charge >= 0.3 is 17.9 Å².